The monoisotopic (exact) mass is 246 g/mol. The van der Waals surface area contributed by atoms with E-state index in [0.29, 0.717) is 25.1 Å². The summed E-state index contributed by atoms with van der Waals surface area (Å²) in [4.78, 5) is 22.2. The van der Waals surface area contributed by atoms with Crippen molar-refractivity contribution in [2.45, 2.75) is 12.8 Å². The third-order valence-corrected chi connectivity index (χ3v) is 2.15. The number of urea groups is 1. The lowest BCUT2D eigenvalue weighted by Gasteiger charge is -2.07. The third-order valence-electron chi connectivity index (χ3n) is 2.15. The quantitative estimate of drug-likeness (QED) is 0.548. The van der Waals surface area contributed by atoms with Crippen molar-refractivity contribution in [2.24, 2.45) is 0 Å². The number of nitrogens with one attached hydrogen (secondary N) is 2. The average molecular weight is 246 g/mol. The third kappa shape index (κ3) is 4.58. The van der Waals surface area contributed by atoms with Crippen molar-refractivity contribution >= 4 is 17.7 Å². The molecular weight excluding hydrogens is 232 g/mol. The van der Waals surface area contributed by atoms with Gasteiger partial charge in [0.15, 0.2) is 0 Å². The molecule has 1 aromatic rings. The van der Waals surface area contributed by atoms with E-state index in [0.717, 1.165) is 0 Å². The maximum Gasteiger partial charge on any atom is 0.335 e. The van der Waals surface area contributed by atoms with Gasteiger partial charge in [0.25, 0.3) is 0 Å². The van der Waals surface area contributed by atoms with E-state index in [1.165, 1.54) is 12.1 Å². The molecule has 5 nitrogen and oxygen atoms in total. The van der Waals surface area contributed by atoms with E-state index in [4.69, 9.17) is 11.5 Å². The fourth-order valence-electron chi connectivity index (χ4n) is 1.30. The number of carboxylic acids is 1. The molecule has 1 rings (SSSR count). The molecule has 0 heterocycles. The van der Waals surface area contributed by atoms with Crippen molar-refractivity contribution in [3.05, 3.63) is 29.8 Å². The van der Waals surface area contributed by atoms with Crippen LogP contribution < -0.4 is 10.6 Å². The minimum absolute atomic E-state index is 0.125. The van der Waals surface area contributed by atoms with Crippen LogP contribution in [0.25, 0.3) is 0 Å². The molecule has 2 amide bonds. The molecule has 0 saturated carbocycles. The van der Waals surface area contributed by atoms with E-state index in [-0.39, 0.29) is 11.6 Å². The van der Waals surface area contributed by atoms with Crippen molar-refractivity contribution in [1.82, 2.24) is 5.32 Å². The summed E-state index contributed by atoms with van der Waals surface area (Å²) < 4.78 is 0. The Kier molecular flexibility index (Phi) is 5.26. The van der Waals surface area contributed by atoms with Gasteiger partial charge in [0, 0.05) is 18.7 Å². The second-order valence-corrected chi connectivity index (χ2v) is 3.57. The summed E-state index contributed by atoms with van der Waals surface area (Å²) >= 11 is 0. The molecule has 0 aliphatic heterocycles. The van der Waals surface area contributed by atoms with Crippen LogP contribution in [0.15, 0.2) is 24.3 Å². The Hall–Kier alpha value is -2.48. The predicted octanol–water partition coefficient (Wildman–Crippen LogP) is 1.92. The SMILES string of the molecule is C#CCCCNC(=O)Nc1cccc(C(=O)O)c1. The molecule has 0 spiro atoms. The summed E-state index contributed by atoms with van der Waals surface area (Å²) in [6, 6.07) is 5.65. The number of amides is 2. The first-order valence-corrected chi connectivity index (χ1v) is 5.45. The van der Waals surface area contributed by atoms with Gasteiger partial charge in [-0.15, -0.1) is 12.3 Å². The molecule has 5 heteroatoms. The van der Waals surface area contributed by atoms with Crippen molar-refractivity contribution in [3.8, 4) is 12.3 Å². The zero-order valence-corrected chi connectivity index (χ0v) is 9.77. The lowest BCUT2D eigenvalue weighted by molar-refractivity contribution is 0.0697. The number of rotatable bonds is 5. The summed E-state index contributed by atoms with van der Waals surface area (Å²) in [5.41, 5.74) is 0.560. The van der Waals surface area contributed by atoms with Crippen LogP contribution in [0.2, 0.25) is 0 Å². The molecular formula is C13H14N2O3. The van der Waals surface area contributed by atoms with Crippen LogP contribution in [0, 0.1) is 12.3 Å². The Labute approximate surface area is 105 Å². The van der Waals surface area contributed by atoms with E-state index in [9.17, 15) is 9.59 Å². The van der Waals surface area contributed by atoms with Crippen molar-refractivity contribution in [2.75, 3.05) is 11.9 Å². The highest BCUT2D eigenvalue weighted by Crippen LogP contribution is 2.10. The van der Waals surface area contributed by atoms with Crippen LogP contribution in [0.1, 0.15) is 23.2 Å². The van der Waals surface area contributed by atoms with Crippen LogP contribution in [0.4, 0.5) is 10.5 Å². The molecule has 0 bridgehead atoms. The molecule has 0 fully saturated rings. The molecule has 0 aliphatic rings. The first-order valence-electron chi connectivity index (χ1n) is 5.45. The molecule has 0 unspecified atom stereocenters. The van der Waals surface area contributed by atoms with Crippen LogP contribution >= 0.6 is 0 Å². The fraction of sp³-hybridized carbons (Fsp3) is 0.231. The second kappa shape index (κ2) is 6.97. The van der Waals surface area contributed by atoms with E-state index < -0.39 is 5.97 Å². The summed E-state index contributed by atoms with van der Waals surface area (Å²) in [5.74, 6) is 1.44. The standard InChI is InChI=1S/C13H14N2O3/c1-2-3-4-8-14-13(18)15-11-7-5-6-10(9-11)12(16)17/h1,5-7,9H,3-4,8H2,(H,16,17)(H2,14,15,18). The largest absolute Gasteiger partial charge is 0.478 e. The Morgan fingerprint density at radius 3 is 2.83 bits per heavy atom. The highest BCUT2D eigenvalue weighted by atomic mass is 16.4. The molecule has 0 saturated heterocycles. The van der Waals surface area contributed by atoms with Crippen molar-refractivity contribution < 1.29 is 14.7 Å². The van der Waals surface area contributed by atoms with Crippen LogP contribution in [-0.2, 0) is 0 Å². The Morgan fingerprint density at radius 1 is 1.39 bits per heavy atom. The smallest absolute Gasteiger partial charge is 0.335 e. The molecule has 0 atom stereocenters. The minimum atomic E-state index is -1.03. The van der Waals surface area contributed by atoms with E-state index in [2.05, 4.69) is 16.6 Å². The Morgan fingerprint density at radius 2 is 2.17 bits per heavy atom. The number of aromatic carboxylic acids is 1. The maximum absolute atomic E-state index is 11.4. The van der Waals surface area contributed by atoms with Gasteiger partial charge in [0.2, 0.25) is 0 Å². The van der Waals surface area contributed by atoms with Gasteiger partial charge in [-0.2, -0.15) is 0 Å². The van der Waals surface area contributed by atoms with Gasteiger partial charge in [-0.25, -0.2) is 9.59 Å². The number of carbonyl (C=O) groups is 2. The minimum Gasteiger partial charge on any atom is -0.478 e. The first kappa shape index (κ1) is 13.6. The maximum atomic E-state index is 11.4. The Balaban J connectivity index is 2.47. The van der Waals surface area contributed by atoms with Gasteiger partial charge in [-0.05, 0) is 24.6 Å². The number of anilines is 1. The summed E-state index contributed by atoms with van der Waals surface area (Å²) in [6.45, 7) is 0.481. The highest BCUT2D eigenvalue weighted by Gasteiger charge is 2.05. The van der Waals surface area contributed by atoms with Gasteiger partial charge in [0.1, 0.15) is 0 Å². The zero-order chi connectivity index (χ0) is 13.4. The van der Waals surface area contributed by atoms with Gasteiger partial charge >= 0.3 is 12.0 Å². The van der Waals surface area contributed by atoms with E-state index in [1.54, 1.807) is 12.1 Å². The van der Waals surface area contributed by atoms with Gasteiger partial charge in [-0.1, -0.05) is 6.07 Å². The summed E-state index contributed by atoms with van der Waals surface area (Å²) in [7, 11) is 0. The number of benzene rings is 1. The molecule has 0 aliphatic carbocycles. The van der Waals surface area contributed by atoms with Gasteiger partial charge in [-0.3, -0.25) is 0 Å². The lowest BCUT2D eigenvalue weighted by atomic mass is 10.2. The van der Waals surface area contributed by atoms with E-state index >= 15 is 0 Å². The topological polar surface area (TPSA) is 78.4 Å². The Bertz CT molecular complexity index is 477. The zero-order valence-electron chi connectivity index (χ0n) is 9.77. The van der Waals surface area contributed by atoms with Crippen LogP contribution in [0.5, 0.6) is 0 Å². The fourth-order valence-corrected chi connectivity index (χ4v) is 1.30. The van der Waals surface area contributed by atoms with Crippen LogP contribution in [-0.4, -0.2) is 23.7 Å². The second-order valence-electron chi connectivity index (χ2n) is 3.57. The summed E-state index contributed by atoms with van der Waals surface area (Å²) in [5, 5.41) is 14.0. The normalized spacial score (nSPS) is 9.28. The van der Waals surface area contributed by atoms with Crippen LogP contribution in [0.3, 0.4) is 0 Å². The predicted molar refractivity (Wildman–Crippen MR) is 68.5 cm³/mol. The lowest BCUT2D eigenvalue weighted by Crippen LogP contribution is -2.29. The molecule has 0 aromatic heterocycles. The molecule has 94 valence electrons. The molecule has 18 heavy (non-hydrogen) atoms. The van der Waals surface area contributed by atoms with Crippen molar-refractivity contribution in [1.29, 1.82) is 0 Å². The molecule has 0 radical (unpaired) electrons. The number of terminal acetylenes is 1. The number of carboxylic acid groups (broad SMARTS) is 1. The summed E-state index contributed by atoms with van der Waals surface area (Å²) in [6.07, 6.45) is 6.39. The molecule has 1 aromatic carbocycles. The van der Waals surface area contributed by atoms with Gasteiger partial charge < -0.3 is 15.7 Å². The number of hydrogen-bond donors (Lipinski definition) is 3. The number of carbonyl (C=O) groups excluding carboxylic acids is 1. The van der Waals surface area contributed by atoms with Crippen molar-refractivity contribution in [3.63, 3.8) is 0 Å². The van der Waals surface area contributed by atoms with Gasteiger partial charge in [0.05, 0.1) is 5.56 Å². The first-order chi connectivity index (χ1) is 8.63. The molecule has 3 N–H and O–H groups in total. The van der Waals surface area contributed by atoms with E-state index in [1.807, 2.05) is 0 Å². The number of unbranched alkanes of at least 4 members (excludes halogenated alkanes) is 1. The number of hydrogen-bond acceptors (Lipinski definition) is 2. The average Bonchev–Trinajstić information content (AvgIpc) is 2.35. The highest BCUT2D eigenvalue weighted by molar-refractivity contribution is 5.93.